The van der Waals surface area contributed by atoms with Gasteiger partial charge in [0.25, 0.3) is 0 Å². The summed E-state index contributed by atoms with van der Waals surface area (Å²) in [6, 6.07) is 8.14. The van der Waals surface area contributed by atoms with Gasteiger partial charge in [-0.2, -0.15) is 0 Å². The average molecular weight is 544 g/mol. The standard InChI is InChI=1S/C22H30ClN5O.HI/c1-4-25-22(26-11-8-17-7-10-24-14-16(17)2)27-19-9-12-28(15-19)20-13-18(23)5-6-21(20)29-3;/h5-7,10,13-14,19H,4,8-9,11-12,15H2,1-3H3,(H2,25,26,27);1H. The van der Waals surface area contributed by atoms with Gasteiger partial charge in [0.15, 0.2) is 5.96 Å². The van der Waals surface area contributed by atoms with Gasteiger partial charge in [0.1, 0.15) is 5.75 Å². The molecule has 0 saturated carbocycles. The number of anilines is 1. The molecule has 0 bridgehead atoms. The van der Waals surface area contributed by atoms with Crippen molar-refractivity contribution < 1.29 is 4.74 Å². The van der Waals surface area contributed by atoms with Gasteiger partial charge in [-0.25, -0.2) is 0 Å². The highest BCUT2D eigenvalue weighted by molar-refractivity contribution is 14.0. The molecule has 1 aliphatic heterocycles. The molecule has 1 fully saturated rings. The highest BCUT2D eigenvalue weighted by Crippen LogP contribution is 2.33. The molecule has 1 aromatic heterocycles. The van der Waals surface area contributed by atoms with Crippen LogP contribution in [-0.2, 0) is 6.42 Å². The van der Waals surface area contributed by atoms with Crippen LogP contribution in [-0.4, -0.2) is 50.3 Å². The van der Waals surface area contributed by atoms with E-state index in [1.165, 1.54) is 11.1 Å². The maximum Gasteiger partial charge on any atom is 0.191 e. The monoisotopic (exact) mass is 543 g/mol. The molecule has 6 nitrogen and oxygen atoms in total. The van der Waals surface area contributed by atoms with Gasteiger partial charge in [-0.15, -0.1) is 24.0 Å². The minimum absolute atomic E-state index is 0. The summed E-state index contributed by atoms with van der Waals surface area (Å²) in [4.78, 5) is 11.2. The Labute approximate surface area is 201 Å². The lowest BCUT2D eigenvalue weighted by Crippen LogP contribution is -2.44. The minimum atomic E-state index is 0. The molecule has 1 atom stereocenters. The Hall–Kier alpha value is -1.74. The van der Waals surface area contributed by atoms with Gasteiger partial charge in [0.05, 0.1) is 12.8 Å². The van der Waals surface area contributed by atoms with E-state index < -0.39 is 0 Å². The quantitative estimate of drug-likeness (QED) is 0.314. The minimum Gasteiger partial charge on any atom is -0.495 e. The molecule has 1 aromatic carbocycles. The van der Waals surface area contributed by atoms with E-state index in [0.717, 1.165) is 61.4 Å². The number of aryl methyl sites for hydroxylation is 1. The Morgan fingerprint density at radius 3 is 2.93 bits per heavy atom. The number of nitrogens with one attached hydrogen (secondary N) is 2. The van der Waals surface area contributed by atoms with Crippen LogP contribution in [0.2, 0.25) is 5.02 Å². The first kappa shape index (κ1) is 24.5. The number of pyridine rings is 1. The third-order valence-corrected chi connectivity index (χ3v) is 5.38. The predicted octanol–water partition coefficient (Wildman–Crippen LogP) is 4.05. The molecule has 1 unspecified atom stereocenters. The third-order valence-electron chi connectivity index (χ3n) is 5.14. The largest absolute Gasteiger partial charge is 0.495 e. The smallest absolute Gasteiger partial charge is 0.191 e. The number of hydrogen-bond donors (Lipinski definition) is 2. The van der Waals surface area contributed by atoms with Crippen LogP contribution < -0.4 is 20.3 Å². The first-order valence-electron chi connectivity index (χ1n) is 10.1. The van der Waals surface area contributed by atoms with Gasteiger partial charge in [-0.05, 0) is 62.1 Å². The lowest BCUT2D eigenvalue weighted by molar-refractivity contribution is 0.415. The molecule has 8 heteroatoms. The summed E-state index contributed by atoms with van der Waals surface area (Å²) in [6.07, 6.45) is 5.68. The number of halogens is 2. The molecule has 2 N–H and O–H groups in total. The van der Waals surface area contributed by atoms with Crippen LogP contribution in [0.25, 0.3) is 0 Å². The Balaban J connectivity index is 0.00000320. The summed E-state index contributed by atoms with van der Waals surface area (Å²) >= 11 is 6.20. The van der Waals surface area contributed by atoms with E-state index in [1.807, 2.05) is 30.6 Å². The van der Waals surface area contributed by atoms with Gasteiger partial charge in [0.2, 0.25) is 0 Å². The Kier molecular flexibility index (Phi) is 9.97. The maximum absolute atomic E-state index is 6.20. The van der Waals surface area contributed by atoms with Crippen molar-refractivity contribution in [3.63, 3.8) is 0 Å². The number of aliphatic imine (C=N–C) groups is 1. The number of rotatable bonds is 7. The van der Waals surface area contributed by atoms with Crippen molar-refractivity contribution in [2.24, 2.45) is 4.99 Å². The molecule has 0 spiro atoms. The topological polar surface area (TPSA) is 61.8 Å². The molecular formula is C22H31ClIN5O. The lowest BCUT2D eigenvalue weighted by Gasteiger charge is -2.22. The zero-order chi connectivity index (χ0) is 20.6. The van der Waals surface area contributed by atoms with Crippen molar-refractivity contribution in [2.45, 2.75) is 32.7 Å². The van der Waals surface area contributed by atoms with Crippen molar-refractivity contribution >= 4 is 47.2 Å². The maximum atomic E-state index is 6.20. The number of nitrogens with zero attached hydrogens (tertiary/aromatic N) is 3. The summed E-state index contributed by atoms with van der Waals surface area (Å²) in [7, 11) is 1.69. The molecule has 2 aromatic rings. The highest BCUT2D eigenvalue weighted by atomic mass is 127. The second kappa shape index (κ2) is 12.2. The van der Waals surface area contributed by atoms with E-state index in [-0.39, 0.29) is 24.0 Å². The van der Waals surface area contributed by atoms with Gasteiger partial charge >= 0.3 is 0 Å². The van der Waals surface area contributed by atoms with Crippen LogP contribution in [0, 0.1) is 6.92 Å². The summed E-state index contributed by atoms with van der Waals surface area (Å²) in [5.74, 6) is 1.72. The van der Waals surface area contributed by atoms with Crippen LogP contribution in [0.4, 0.5) is 5.69 Å². The third kappa shape index (κ3) is 6.63. The van der Waals surface area contributed by atoms with Crippen molar-refractivity contribution in [2.75, 3.05) is 38.2 Å². The van der Waals surface area contributed by atoms with Crippen molar-refractivity contribution in [3.05, 3.63) is 52.8 Å². The summed E-state index contributed by atoms with van der Waals surface area (Å²) < 4.78 is 5.51. The lowest BCUT2D eigenvalue weighted by atomic mass is 10.1. The first-order chi connectivity index (χ1) is 14.1. The van der Waals surface area contributed by atoms with E-state index in [1.54, 1.807) is 7.11 Å². The SMILES string of the molecule is CCNC(=NCCc1ccncc1C)NC1CCN(c2cc(Cl)ccc2OC)C1.I. The molecule has 0 amide bonds. The zero-order valence-electron chi connectivity index (χ0n) is 17.8. The van der Waals surface area contributed by atoms with E-state index in [2.05, 4.69) is 40.4 Å². The van der Waals surface area contributed by atoms with E-state index in [9.17, 15) is 0 Å². The second-order valence-electron chi connectivity index (χ2n) is 7.20. The normalized spacial score (nSPS) is 16.2. The van der Waals surface area contributed by atoms with Crippen LogP contribution in [0.15, 0.2) is 41.7 Å². The van der Waals surface area contributed by atoms with Crippen LogP contribution in [0.3, 0.4) is 0 Å². The fourth-order valence-corrected chi connectivity index (χ4v) is 3.76. The average Bonchev–Trinajstić information content (AvgIpc) is 3.18. The van der Waals surface area contributed by atoms with Crippen LogP contribution >= 0.6 is 35.6 Å². The molecule has 0 radical (unpaired) electrons. The number of ether oxygens (including phenoxy) is 1. The van der Waals surface area contributed by atoms with Crippen LogP contribution in [0.5, 0.6) is 5.75 Å². The number of aromatic nitrogens is 1. The summed E-state index contributed by atoms with van der Waals surface area (Å²) in [6.45, 7) is 7.57. The Morgan fingerprint density at radius 1 is 1.37 bits per heavy atom. The number of hydrogen-bond acceptors (Lipinski definition) is 4. The molecule has 3 rings (SSSR count). The van der Waals surface area contributed by atoms with E-state index in [0.29, 0.717) is 6.04 Å². The molecule has 1 aliphatic rings. The van der Waals surface area contributed by atoms with Gasteiger partial charge in [-0.3, -0.25) is 9.98 Å². The van der Waals surface area contributed by atoms with Gasteiger partial charge in [-0.1, -0.05) is 11.6 Å². The molecule has 2 heterocycles. The Bertz CT molecular complexity index is 848. The molecule has 0 aliphatic carbocycles. The highest BCUT2D eigenvalue weighted by Gasteiger charge is 2.25. The molecule has 1 saturated heterocycles. The number of methoxy groups -OCH3 is 1. The second-order valence-corrected chi connectivity index (χ2v) is 7.64. The van der Waals surface area contributed by atoms with Crippen molar-refractivity contribution in [3.8, 4) is 5.75 Å². The van der Waals surface area contributed by atoms with Gasteiger partial charge in [0, 0.05) is 49.6 Å². The predicted molar refractivity (Wildman–Crippen MR) is 136 cm³/mol. The van der Waals surface area contributed by atoms with Crippen LogP contribution in [0.1, 0.15) is 24.5 Å². The molecular weight excluding hydrogens is 513 g/mol. The number of guanidine groups is 1. The van der Waals surface area contributed by atoms with Gasteiger partial charge < -0.3 is 20.3 Å². The van der Waals surface area contributed by atoms with E-state index >= 15 is 0 Å². The van der Waals surface area contributed by atoms with Crippen molar-refractivity contribution in [1.29, 1.82) is 0 Å². The summed E-state index contributed by atoms with van der Waals surface area (Å²) in [5, 5.41) is 7.66. The fourth-order valence-electron chi connectivity index (χ4n) is 3.59. The van der Waals surface area contributed by atoms with E-state index in [4.69, 9.17) is 21.3 Å². The fraction of sp³-hybridized carbons (Fsp3) is 0.455. The summed E-state index contributed by atoms with van der Waals surface area (Å²) in [5.41, 5.74) is 3.54. The Morgan fingerprint density at radius 2 is 2.20 bits per heavy atom. The molecule has 164 valence electrons. The number of benzene rings is 1. The molecule has 30 heavy (non-hydrogen) atoms. The van der Waals surface area contributed by atoms with Crippen molar-refractivity contribution in [1.82, 2.24) is 15.6 Å². The first-order valence-corrected chi connectivity index (χ1v) is 10.5. The zero-order valence-corrected chi connectivity index (χ0v) is 20.9.